The van der Waals surface area contributed by atoms with Crippen molar-refractivity contribution in [3.8, 4) is 17.2 Å². The molecule has 0 aliphatic heterocycles. The fourth-order valence-electron chi connectivity index (χ4n) is 2.25. The highest BCUT2D eigenvalue weighted by molar-refractivity contribution is 7.99. The van der Waals surface area contributed by atoms with Crippen LogP contribution in [0.25, 0.3) is 5.69 Å². The average molecular weight is 391 g/mol. The fourth-order valence-corrected chi connectivity index (χ4v) is 3.15. The van der Waals surface area contributed by atoms with Crippen LogP contribution in [-0.2, 0) is 0 Å². The van der Waals surface area contributed by atoms with Crippen molar-refractivity contribution in [2.45, 2.75) is 5.16 Å². The van der Waals surface area contributed by atoms with Gasteiger partial charge in [-0.1, -0.05) is 23.4 Å². The zero-order valence-corrected chi connectivity index (χ0v) is 15.6. The molecule has 1 aromatic heterocycles. The molecule has 0 aliphatic carbocycles. The largest absolute Gasteiger partial charge is 0.497 e. The number of Topliss-reactive ketones (excluding diaryl/α,β-unsaturated/α-hetero) is 1. The first-order chi connectivity index (χ1) is 12.6. The molecule has 0 spiro atoms. The highest BCUT2D eigenvalue weighted by Gasteiger charge is 2.16. The van der Waals surface area contributed by atoms with Gasteiger partial charge in [-0.25, -0.2) is 0 Å². The number of ketones is 1. The Labute approximate surface area is 159 Å². The number of rotatable bonds is 7. The summed E-state index contributed by atoms with van der Waals surface area (Å²) in [6.45, 7) is 0. The summed E-state index contributed by atoms with van der Waals surface area (Å²) in [6.07, 6.45) is 0. The van der Waals surface area contributed by atoms with Gasteiger partial charge >= 0.3 is 0 Å². The third-order valence-corrected chi connectivity index (χ3v) is 4.72. The molecule has 2 aromatic carbocycles. The van der Waals surface area contributed by atoms with Gasteiger partial charge in [-0.05, 0) is 46.8 Å². The van der Waals surface area contributed by atoms with Crippen molar-refractivity contribution in [3.05, 3.63) is 53.1 Å². The first-order valence-corrected chi connectivity index (χ1v) is 8.91. The Morgan fingerprint density at radius 2 is 1.92 bits per heavy atom. The number of ether oxygens (including phenoxy) is 2. The number of benzene rings is 2. The number of halogens is 1. The van der Waals surface area contributed by atoms with Crippen LogP contribution in [0.3, 0.4) is 0 Å². The summed E-state index contributed by atoms with van der Waals surface area (Å²) in [5.41, 5.74) is 1.24. The van der Waals surface area contributed by atoms with Gasteiger partial charge in [0.15, 0.2) is 5.78 Å². The summed E-state index contributed by atoms with van der Waals surface area (Å²) in [5, 5.41) is 12.8. The lowest BCUT2D eigenvalue weighted by molar-refractivity contribution is 0.101. The third-order valence-electron chi connectivity index (χ3n) is 3.55. The van der Waals surface area contributed by atoms with Crippen molar-refractivity contribution in [2.75, 3.05) is 20.0 Å². The predicted octanol–water partition coefficient (Wildman–Crippen LogP) is 3.31. The Balaban J connectivity index is 1.75. The van der Waals surface area contributed by atoms with Crippen LogP contribution >= 0.6 is 23.4 Å². The number of thioether (sulfide) groups is 1. The van der Waals surface area contributed by atoms with Gasteiger partial charge in [0.05, 0.1) is 31.2 Å². The minimum Gasteiger partial charge on any atom is -0.497 e. The lowest BCUT2D eigenvalue weighted by Gasteiger charge is -2.09. The van der Waals surface area contributed by atoms with Crippen LogP contribution in [0.2, 0.25) is 5.02 Å². The second-order valence-corrected chi connectivity index (χ2v) is 6.51. The Morgan fingerprint density at radius 1 is 1.15 bits per heavy atom. The monoisotopic (exact) mass is 390 g/mol. The summed E-state index contributed by atoms with van der Waals surface area (Å²) < 4.78 is 12.0. The van der Waals surface area contributed by atoms with Gasteiger partial charge < -0.3 is 9.47 Å². The summed E-state index contributed by atoms with van der Waals surface area (Å²) in [7, 11) is 3.07. The first-order valence-electron chi connectivity index (χ1n) is 7.54. The number of carbonyl (C=O) groups is 1. The first kappa shape index (κ1) is 18.2. The van der Waals surface area contributed by atoms with E-state index in [1.807, 2.05) is 0 Å². The molecule has 0 unspecified atom stereocenters. The number of methoxy groups -OCH3 is 2. The Morgan fingerprint density at radius 3 is 2.62 bits per heavy atom. The van der Waals surface area contributed by atoms with Crippen LogP contribution in [0, 0.1) is 0 Å². The summed E-state index contributed by atoms with van der Waals surface area (Å²) >= 11 is 7.14. The van der Waals surface area contributed by atoms with E-state index >= 15 is 0 Å². The maximum absolute atomic E-state index is 12.6. The van der Waals surface area contributed by atoms with Crippen molar-refractivity contribution >= 4 is 29.1 Å². The zero-order valence-electron chi connectivity index (χ0n) is 14.0. The molecule has 0 N–H and O–H groups in total. The number of nitrogens with zero attached hydrogens (tertiary/aromatic N) is 4. The minimum atomic E-state index is -0.0971. The SMILES string of the molecule is COc1ccc(C(=O)CSc2nnnn2-c2ccc(Cl)cc2)c(OC)c1. The lowest BCUT2D eigenvalue weighted by Crippen LogP contribution is -2.07. The van der Waals surface area contributed by atoms with Gasteiger partial charge in [0.1, 0.15) is 11.5 Å². The minimum absolute atomic E-state index is 0.0971. The van der Waals surface area contributed by atoms with Gasteiger partial charge in [0, 0.05) is 11.1 Å². The Kier molecular flexibility index (Phi) is 5.75. The maximum atomic E-state index is 12.6. The quantitative estimate of drug-likeness (QED) is 0.452. The molecule has 7 nitrogen and oxygen atoms in total. The van der Waals surface area contributed by atoms with E-state index in [0.29, 0.717) is 27.2 Å². The molecule has 0 aliphatic rings. The fraction of sp³-hybridized carbons (Fsp3) is 0.176. The molecule has 9 heteroatoms. The smallest absolute Gasteiger partial charge is 0.214 e. The van der Waals surface area contributed by atoms with Crippen molar-refractivity contribution in [2.24, 2.45) is 0 Å². The molecule has 3 rings (SSSR count). The number of aromatic nitrogens is 4. The zero-order chi connectivity index (χ0) is 18.5. The molecule has 26 heavy (non-hydrogen) atoms. The van der Waals surface area contributed by atoms with E-state index in [9.17, 15) is 4.79 Å². The third kappa shape index (κ3) is 3.97. The molecular weight excluding hydrogens is 376 g/mol. The Hall–Kier alpha value is -2.58. The predicted molar refractivity (Wildman–Crippen MR) is 98.8 cm³/mol. The van der Waals surface area contributed by atoms with Crippen LogP contribution in [0.1, 0.15) is 10.4 Å². The van der Waals surface area contributed by atoms with Crippen molar-refractivity contribution in [1.29, 1.82) is 0 Å². The highest BCUT2D eigenvalue weighted by Crippen LogP contribution is 2.27. The normalized spacial score (nSPS) is 10.6. The van der Waals surface area contributed by atoms with Gasteiger partial charge in [-0.15, -0.1) is 5.10 Å². The second-order valence-electron chi connectivity index (χ2n) is 5.13. The maximum Gasteiger partial charge on any atom is 0.214 e. The molecular formula is C17H15ClN4O3S. The summed E-state index contributed by atoms with van der Waals surface area (Å²) in [4.78, 5) is 12.6. The van der Waals surface area contributed by atoms with Crippen LogP contribution in [0.5, 0.6) is 11.5 Å². The lowest BCUT2D eigenvalue weighted by atomic mass is 10.1. The van der Waals surface area contributed by atoms with Crippen molar-refractivity contribution in [1.82, 2.24) is 20.2 Å². The van der Waals surface area contributed by atoms with Crippen molar-refractivity contribution in [3.63, 3.8) is 0 Å². The van der Waals surface area contributed by atoms with E-state index in [1.165, 1.54) is 18.9 Å². The molecule has 0 saturated carbocycles. The van der Waals surface area contributed by atoms with Crippen LogP contribution in [0.4, 0.5) is 0 Å². The number of hydrogen-bond acceptors (Lipinski definition) is 7. The van der Waals surface area contributed by atoms with E-state index in [-0.39, 0.29) is 11.5 Å². The molecule has 0 fully saturated rings. The molecule has 1 heterocycles. The Bertz CT molecular complexity index is 915. The highest BCUT2D eigenvalue weighted by atomic mass is 35.5. The molecule has 3 aromatic rings. The van der Waals surface area contributed by atoms with E-state index in [1.54, 1.807) is 54.3 Å². The van der Waals surface area contributed by atoms with Gasteiger partial charge in [-0.2, -0.15) is 4.68 Å². The number of carbonyl (C=O) groups excluding carboxylic acids is 1. The summed E-state index contributed by atoms with van der Waals surface area (Å²) in [5.74, 6) is 1.15. The van der Waals surface area contributed by atoms with E-state index in [4.69, 9.17) is 21.1 Å². The molecule has 134 valence electrons. The van der Waals surface area contributed by atoms with Crippen LogP contribution < -0.4 is 9.47 Å². The van der Waals surface area contributed by atoms with E-state index < -0.39 is 0 Å². The standard InChI is InChI=1S/C17H15ClN4O3S/c1-24-13-7-8-14(16(9-13)25-2)15(23)10-26-17-19-20-21-22(17)12-5-3-11(18)4-6-12/h3-9H,10H2,1-2H3. The number of tetrazole rings is 1. The average Bonchev–Trinajstić information content (AvgIpc) is 3.14. The van der Waals surface area contributed by atoms with Crippen molar-refractivity contribution < 1.29 is 14.3 Å². The van der Waals surface area contributed by atoms with Crippen LogP contribution in [-0.4, -0.2) is 46.0 Å². The topological polar surface area (TPSA) is 79.1 Å². The second kappa shape index (κ2) is 8.20. The van der Waals surface area contributed by atoms with Gasteiger partial charge in [0.2, 0.25) is 5.16 Å². The van der Waals surface area contributed by atoms with E-state index in [0.717, 1.165) is 5.69 Å². The molecule has 0 radical (unpaired) electrons. The van der Waals surface area contributed by atoms with E-state index in [2.05, 4.69) is 15.5 Å². The van der Waals surface area contributed by atoms with Gasteiger partial charge in [-0.3, -0.25) is 4.79 Å². The van der Waals surface area contributed by atoms with Gasteiger partial charge in [0.25, 0.3) is 0 Å². The van der Waals surface area contributed by atoms with Crippen LogP contribution in [0.15, 0.2) is 47.6 Å². The molecule has 0 amide bonds. The molecule has 0 saturated heterocycles. The molecule has 0 atom stereocenters. The number of hydrogen-bond donors (Lipinski definition) is 0. The summed E-state index contributed by atoms with van der Waals surface area (Å²) in [6, 6.07) is 12.2. The molecule has 0 bridgehead atoms.